The summed E-state index contributed by atoms with van der Waals surface area (Å²) in [5.74, 6) is 1.48. The summed E-state index contributed by atoms with van der Waals surface area (Å²) in [5.41, 5.74) is 2.69. The van der Waals surface area contributed by atoms with Crippen molar-refractivity contribution < 1.29 is 4.42 Å². The van der Waals surface area contributed by atoms with Crippen molar-refractivity contribution in [3.05, 3.63) is 95.9 Å². The summed E-state index contributed by atoms with van der Waals surface area (Å²) < 4.78 is 5.68. The fourth-order valence-corrected chi connectivity index (χ4v) is 3.10. The second kappa shape index (κ2) is 8.51. The topological polar surface area (TPSA) is 25.2 Å². The molecule has 0 radical (unpaired) electrons. The summed E-state index contributed by atoms with van der Waals surface area (Å²) in [4.78, 5) is 0. The van der Waals surface area contributed by atoms with Crippen molar-refractivity contribution in [2.75, 3.05) is 6.54 Å². The standard InChI is InChI=1S/C22H25NO/c1-18(20-11-6-3-7-12-20)23-15-14-21(22-13-8-16-24-22)17-19-9-4-2-5-10-19/h2-13,16,18,21,23H,14-15,17H2,1H3/t18-,21+/m1/s1. The Balaban J connectivity index is 1.58. The molecule has 0 saturated carbocycles. The van der Waals surface area contributed by atoms with Gasteiger partial charge in [-0.1, -0.05) is 60.7 Å². The molecule has 0 bridgehead atoms. The lowest BCUT2D eigenvalue weighted by molar-refractivity contribution is 0.428. The zero-order valence-corrected chi connectivity index (χ0v) is 14.2. The fourth-order valence-electron chi connectivity index (χ4n) is 3.10. The van der Waals surface area contributed by atoms with Gasteiger partial charge in [0.05, 0.1) is 6.26 Å². The maximum atomic E-state index is 5.68. The lowest BCUT2D eigenvalue weighted by Gasteiger charge is -2.18. The number of hydrogen-bond acceptors (Lipinski definition) is 2. The highest BCUT2D eigenvalue weighted by Crippen LogP contribution is 2.25. The van der Waals surface area contributed by atoms with E-state index in [2.05, 4.69) is 79.0 Å². The van der Waals surface area contributed by atoms with Gasteiger partial charge in [0, 0.05) is 12.0 Å². The number of nitrogens with one attached hydrogen (secondary N) is 1. The van der Waals surface area contributed by atoms with Gasteiger partial charge in [-0.15, -0.1) is 0 Å². The summed E-state index contributed by atoms with van der Waals surface area (Å²) >= 11 is 0. The molecule has 0 aliphatic carbocycles. The van der Waals surface area contributed by atoms with E-state index in [0.29, 0.717) is 12.0 Å². The van der Waals surface area contributed by atoms with Crippen molar-refractivity contribution in [3.8, 4) is 0 Å². The molecular weight excluding hydrogens is 294 g/mol. The van der Waals surface area contributed by atoms with Gasteiger partial charge in [0.1, 0.15) is 5.76 Å². The molecule has 0 amide bonds. The van der Waals surface area contributed by atoms with E-state index >= 15 is 0 Å². The Morgan fingerprint density at radius 1 is 0.875 bits per heavy atom. The van der Waals surface area contributed by atoms with Crippen molar-refractivity contribution in [2.45, 2.75) is 31.7 Å². The van der Waals surface area contributed by atoms with Crippen molar-refractivity contribution in [3.63, 3.8) is 0 Å². The van der Waals surface area contributed by atoms with Crippen molar-refractivity contribution in [2.24, 2.45) is 0 Å². The molecule has 0 aliphatic rings. The van der Waals surface area contributed by atoms with Gasteiger partial charge < -0.3 is 9.73 Å². The third-order valence-electron chi connectivity index (χ3n) is 4.51. The molecular formula is C22H25NO. The van der Waals surface area contributed by atoms with E-state index < -0.39 is 0 Å². The number of benzene rings is 2. The highest BCUT2D eigenvalue weighted by atomic mass is 16.3. The van der Waals surface area contributed by atoms with Crippen LogP contribution in [0, 0.1) is 0 Å². The molecule has 2 heteroatoms. The highest BCUT2D eigenvalue weighted by molar-refractivity contribution is 5.20. The minimum Gasteiger partial charge on any atom is -0.469 e. The zero-order valence-electron chi connectivity index (χ0n) is 14.2. The zero-order chi connectivity index (χ0) is 16.6. The second-order valence-corrected chi connectivity index (χ2v) is 6.28. The van der Waals surface area contributed by atoms with Crippen LogP contribution in [0.1, 0.15) is 42.2 Å². The number of furan rings is 1. The molecule has 0 unspecified atom stereocenters. The molecule has 0 aliphatic heterocycles. The monoisotopic (exact) mass is 319 g/mol. The third-order valence-corrected chi connectivity index (χ3v) is 4.51. The lowest BCUT2D eigenvalue weighted by atomic mass is 9.93. The van der Waals surface area contributed by atoms with Gasteiger partial charge in [0.25, 0.3) is 0 Å². The van der Waals surface area contributed by atoms with Gasteiger partial charge in [0.2, 0.25) is 0 Å². The van der Waals surface area contributed by atoms with Gasteiger partial charge >= 0.3 is 0 Å². The van der Waals surface area contributed by atoms with E-state index in [9.17, 15) is 0 Å². The van der Waals surface area contributed by atoms with Gasteiger partial charge in [0.15, 0.2) is 0 Å². The summed E-state index contributed by atoms with van der Waals surface area (Å²) in [7, 11) is 0. The van der Waals surface area contributed by atoms with E-state index in [1.807, 2.05) is 6.07 Å². The van der Waals surface area contributed by atoms with Crippen LogP contribution in [-0.4, -0.2) is 6.54 Å². The molecule has 2 aromatic carbocycles. The smallest absolute Gasteiger partial charge is 0.107 e. The highest BCUT2D eigenvalue weighted by Gasteiger charge is 2.15. The summed E-state index contributed by atoms with van der Waals surface area (Å²) in [5, 5.41) is 3.64. The largest absolute Gasteiger partial charge is 0.469 e. The Labute approximate surface area is 144 Å². The fraction of sp³-hybridized carbons (Fsp3) is 0.273. The van der Waals surface area contributed by atoms with Crippen LogP contribution >= 0.6 is 0 Å². The van der Waals surface area contributed by atoms with Gasteiger partial charge in [-0.05, 0) is 49.6 Å². The van der Waals surface area contributed by atoms with Crippen LogP contribution in [-0.2, 0) is 6.42 Å². The van der Waals surface area contributed by atoms with Crippen molar-refractivity contribution in [1.29, 1.82) is 0 Å². The maximum Gasteiger partial charge on any atom is 0.107 e. The van der Waals surface area contributed by atoms with Crippen LogP contribution in [0.25, 0.3) is 0 Å². The second-order valence-electron chi connectivity index (χ2n) is 6.28. The Morgan fingerprint density at radius 2 is 1.58 bits per heavy atom. The molecule has 0 fully saturated rings. The van der Waals surface area contributed by atoms with E-state index in [4.69, 9.17) is 4.42 Å². The van der Waals surface area contributed by atoms with Crippen LogP contribution in [0.5, 0.6) is 0 Å². The van der Waals surface area contributed by atoms with Gasteiger partial charge in [-0.25, -0.2) is 0 Å². The first-order chi connectivity index (χ1) is 11.8. The average molecular weight is 319 g/mol. The Bertz CT molecular complexity index is 691. The average Bonchev–Trinajstić information content (AvgIpc) is 3.17. The van der Waals surface area contributed by atoms with Crippen LogP contribution in [0.2, 0.25) is 0 Å². The van der Waals surface area contributed by atoms with E-state index in [-0.39, 0.29) is 0 Å². The maximum absolute atomic E-state index is 5.68. The molecule has 124 valence electrons. The normalized spacial score (nSPS) is 13.5. The molecule has 1 aromatic heterocycles. The Hall–Kier alpha value is -2.32. The molecule has 24 heavy (non-hydrogen) atoms. The lowest BCUT2D eigenvalue weighted by Crippen LogP contribution is -2.22. The number of rotatable bonds is 8. The van der Waals surface area contributed by atoms with Crippen LogP contribution in [0.4, 0.5) is 0 Å². The minimum atomic E-state index is 0.361. The Kier molecular flexibility index (Phi) is 5.86. The number of hydrogen-bond donors (Lipinski definition) is 1. The molecule has 1 heterocycles. The van der Waals surface area contributed by atoms with Crippen molar-refractivity contribution in [1.82, 2.24) is 5.32 Å². The molecule has 2 nitrogen and oxygen atoms in total. The van der Waals surface area contributed by atoms with Crippen molar-refractivity contribution >= 4 is 0 Å². The summed E-state index contributed by atoms with van der Waals surface area (Å²) in [6.07, 6.45) is 3.84. The molecule has 1 N–H and O–H groups in total. The quantitative estimate of drug-likeness (QED) is 0.605. The molecule has 0 saturated heterocycles. The summed E-state index contributed by atoms with van der Waals surface area (Å²) in [6.45, 7) is 3.18. The van der Waals surface area contributed by atoms with Gasteiger partial charge in [-0.3, -0.25) is 0 Å². The predicted molar refractivity (Wildman–Crippen MR) is 99.1 cm³/mol. The molecule has 0 spiro atoms. The van der Waals surface area contributed by atoms with E-state index in [1.54, 1.807) is 6.26 Å². The predicted octanol–water partition coefficient (Wildman–Crippen LogP) is 5.35. The minimum absolute atomic E-state index is 0.361. The van der Waals surface area contributed by atoms with Crippen LogP contribution in [0.3, 0.4) is 0 Å². The Morgan fingerprint density at radius 3 is 2.25 bits per heavy atom. The van der Waals surface area contributed by atoms with E-state index in [1.165, 1.54) is 11.1 Å². The first-order valence-corrected chi connectivity index (χ1v) is 8.68. The third kappa shape index (κ3) is 4.59. The van der Waals surface area contributed by atoms with Gasteiger partial charge in [-0.2, -0.15) is 0 Å². The van der Waals surface area contributed by atoms with Crippen LogP contribution < -0.4 is 5.32 Å². The summed E-state index contributed by atoms with van der Waals surface area (Å²) in [6, 6.07) is 25.7. The molecule has 3 aromatic rings. The SMILES string of the molecule is C[C@@H](NCC[C@@H](Cc1ccccc1)c1ccco1)c1ccccc1. The first-order valence-electron chi connectivity index (χ1n) is 8.68. The van der Waals surface area contributed by atoms with Crippen LogP contribution in [0.15, 0.2) is 83.5 Å². The molecule has 3 rings (SSSR count). The molecule has 2 atom stereocenters. The first kappa shape index (κ1) is 16.5. The van der Waals surface area contributed by atoms with E-state index in [0.717, 1.165) is 25.1 Å².